The van der Waals surface area contributed by atoms with Crippen molar-refractivity contribution in [3.8, 4) is 0 Å². The topological polar surface area (TPSA) is 45.7 Å². The highest BCUT2D eigenvalue weighted by Crippen LogP contribution is 2.03. The van der Waals surface area contributed by atoms with Crippen molar-refractivity contribution in [1.82, 2.24) is 10.6 Å². The van der Waals surface area contributed by atoms with E-state index in [2.05, 4.69) is 15.6 Å². The van der Waals surface area contributed by atoms with Crippen LogP contribution in [0.5, 0.6) is 0 Å². The molecule has 2 N–H and O–H groups in total. The molecule has 1 rings (SSSR count). The molecule has 0 spiro atoms. The number of rotatable bonds is 8. The Morgan fingerprint density at radius 2 is 1.91 bits per heavy atom. The first-order chi connectivity index (χ1) is 10.1. The monoisotopic (exact) mass is 423 g/mol. The molecule has 0 aliphatic heterocycles. The average molecular weight is 423 g/mol. The lowest BCUT2D eigenvalue weighted by Gasteiger charge is -2.12. The molecule has 0 unspecified atom stereocenters. The van der Waals surface area contributed by atoms with Gasteiger partial charge >= 0.3 is 0 Å². The molecule has 0 aliphatic rings. The smallest absolute Gasteiger partial charge is 0.191 e. The lowest BCUT2D eigenvalue weighted by molar-refractivity contribution is 0.0776. The van der Waals surface area contributed by atoms with E-state index in [1.807, 2.05) is 20.8 Å². The third-order valence-electron chi connectivity index (χ3n) is 2.74. The molecule has 0 radical (unpaired) electrons. The maximum atomic E-state index is 12.8. The summed E-state index contributed by atoms with van der Waals surface area (Å²) < 4.78 is 18.3. The SMILES string of the molecule is CCNC(=NCc1ccc(F)cc1)NCCCOC(C)C.I. The minimum Gasteiger partial charge on any atom is -0.379 e. The second kappa shape index (κ2) is 12.6. The summed E-state index contributed by atoms with van der Waals surface area (Å²) in [6, 6.07) is 6.40. The van der Waals surface area contributed by atoms with Gasteiger partial charge in [0.1, 0.15) is 5.82 Å². The fraction of sp³-hybridized carbons (Fsp3) is 0.562. The van der Waals surface area contributed by atoms with Crippen molar-refractivity contribution in [1.29, 1.82) is 0 Å². The first-order valence-electron chi connectivity index (χ1n) is 7.50. The number of nitrogens with one attached hydrogen (secondary N) is 2. The summed E-state index contributed by atoms with van der Waals surface area (Å²) in [5, 5.41) is 6.45. The molecule has 0 heterocycles. The maximum Gasteiger partial charge on any atom is 0.191 e. The van der Waals surface area contributed by atoms with Crippen LogP contribution in [0.15, 0.2) is 29.3 Å². The summed E-state index contributed by atoms with van der Waals surface area (Å²) in [4.78, 5) is 4.48. The minimum atomic E-state index is -0.224. The van der Waals surface area contributed by atoms with Crippen molar-refractivity contribution < 1.29 is 9.13 Å². The Bertz CT molecular complexity index is 424. The summed E-state index contributed by atoms with van der Waals surface area (Å²) >= 11 is 0. The van der Waals surface area contributed by atoms with Crippen molar-refractivity contribution in [2.75, 3.05) is 19.7 Å². The molecule has 0 bridgehead atoms. The van der Waals surface area contributed by atoms with Crippen LogP contribution in [0.1, 0.15) is 32.8 Å². The van der Waals surface area contributed by atoms with Gasteiger partial charge in [0.25, 0.3) is 0 Å². The highest BCUT2D eigenvalue weighted by Gasteiger charge is 1.98. The van der Waals surface area contributed by atoms with Crippen LogP contribution in [0.3, 0.4) is 0 Å². The van der Waals surface area contributed by atoms with Gasteiger partial charge in [-0.25, -0.2) is 9.38 Å². The highest BCUT2D eigenvalue weighted by atomic mass is 127. The Kier molecular flexibility index (Phi) is 12.1. The van der Waals surface area contributed by atoms with Crippen molar-refractivity contribution in [3.63, 3.8) is 0 Å². The molecule has 0 amide bonds. The lowest BCUT2D eigenvalue weighted by atomic mass is 10.2. The number of hydrogen-bond acceptors (Lipinski definition) is 2. The van der Waals surface area contributed by atoms with Crippen LogP contribution < -0.4 is 10.6 Å². The number of halogens is 2. The van der Waals surface area contributed by atoms with Crippen LogP contribution in [-0.2, 0) is 11.3 Å². The molecule has 126 valence electrons. The molecule has 0 atom stereocenters. The number of aliphatic imine (C=N–C) groups is 1. The standard InChI is InChI=1S/C16H26FN3O.HI/c1-4-18-16(19-10-5-11-21-13(2)3)20-12-14-6-8-15(17)9-7-14;/h6-9,13H,4-5,10-12H2,1-3H3,(H2,18,19,20);1H. The third-order valence-corrected chi connectivity index (χ3v) is 2.74. The quantitative estimate of drug-likeness (QED) is 0.292. The van der Waals surface area contributed by atoms with Crippen LogP contribution >= 0.6 is 24.0 Å². The number of nitrogens with zero attached hydrogens (tertiary/aromatic N) is 1. The van der Waals surface area contributed by atoms with E-state index in [-0.39, 0.29) is 35.9 Å². The molecule has 4 nitrogen and oxygen atoms in total. The molecular weight excluding hydrogens is 396 g/mol. The zero-order valence-corrected chi connectivity index (χ0v) is 15.9. The Labute approximate surface area is 149 Å². The average Bonchev–Trinajstić information content (AvgIpc) is 2.45. The molecule has 0 aliphatic carbocycles. The van der Waals surface area contributed by atoms with E-state index in [0.717, 1.165) is 37.6 Å². The van der Waals surface area contributed by atoms with Gasteiger partial charge in [-0.2, -0.15) is 0 Å². The van der Waals surface area contributed by atoms with E-state index < -0.39 is 0 Å². The summed E-state index contributed by atoms with van der Waals surface area (Å²) in [5.74, 6) is 0.546. The van der Waals surface area contributed by atoms with Gasteiger partial charge in [-0.3, -0.25) is 0 Å². The Balaban J connectivity index is 0.00000441. The Hall–Kier alpha value is -0.890. The summed E-state index contributed by atoms with van der Waals surface area (Å²) in [5.41, 5.74) is 0.983. The van der Waals surface area contributed by atoms with Crippen LogP contribution in [0.25, 0.3) is 0 Å². The Morgan fingerprint density at radius 3 is 2.50 bits per heavy atom. The summed E-state index contributed by atoms with van der Waals surface area (Å²) in [6.45, 7) is 8.96. The zero-order chi connectivity index (χ0) is 15.5. The van der Waals surface area contributed by atoms with Gasteiger partial charge in [0.05, 0.1) is 12.6 Å². The predicted molar refractivity (Wildman–Crippen MR) is 100 cm³/mol. The van der Waals surface area contributed by atoms with Gasteiger partial charge < -0.3 is 15.4 Å². The number of guanidine groups is 1. The van der Waals surface area contributed by atoms with E-state index in [9.17, 15) is 4.39 Å². The first kappa shape index (κ1) is 21.1. The van der Waals surface area contributed by atoms with Gasteiger partial charge in [0.15, 0.2) is 5.96 Å². The van der Waals surface area contributed by atoms with Gasteiger partial charge in [-0.05, 0) is 44.9 Å². The largest absolute Gasteiger partial charge is 0.379 e. The fourth-order valence-electron chi connectivity index (χ4n) is 1.70. The van der Waals surface area contributed by atoms with Gasteiger partial charge in [-0.15, -0.1) is 24.0 Å². The number of hydrogen-bond donors (Lipinski definition) is 2. The molecule has 0 saturated carbocycles. The second-order valence-corrected chi connectivity index (χ2v) is 5.02. The van der Waals surface area contributed by atoms with Crippen LogP contribution in [-0.4, -0.2) is 31.8 Å². The molecule has 1 aromatic carbocycles. The van der Waals surface area contributed by atoms with E-state index in [4.69, 9.17) is 4.74 Å². The molecule has 22 heavy (non-hydrogen) atoms. The van der Waals surface area contributed by atoms with Crippen molar-refractivity contribution in [2.24, 2.45) is 4.99 Å². The second-order valence-electron chi connectivity index (χ2n) is 5.02. The molecule has 0 aromatic heterocycles. The maximum absolute atomic E-state index is 12.8. The van der Waals surface area contributed by atoms with Gasteiger partial charge in [-0.1, -0.05) is 12.1 Å². The van der Waals surface area contributed by atoms with Crippen LogP contribution in [0, 0.1) is 5.82 Å². The highest BCUT2D eigenvalue weighted by molar-refractivity contribution is 14.0. The minimum absolute atomic E-state index is 0. The van der Waals surface area contributed by atoms with Gasteiger partial charge in [0, 0.05) is 19.7 Å². The lowest BCUT2D eigenvalue weighted by Crippen LogP contribution is -2.38. The first-order valence-corrected chi connectivity index (χ1v) is 7.50. The summed E-state index contributed by atoms with van der Waals surface area (Å²) in [7, 11) is 0. The molecular formula is C16H27FIN3O. The number of benzene rings is 1. The molecule has 1 aromatic rings. The van der Waals surface area contributed by atoms with Crippen molar-refractivity contribution in [2.45, 2.75) is 39.8 Å². The Morgan fingerprint density at radius 1 is 1.23 bits per heavy atom. The van der Waals surface area contributed by atoms with E-state index in [1.165, 1.54) is 12.1 Å². The zero-order valence-electron chi connectivity index (χ0n) is 13.6. The fourth-order valence-corrected chi connectivity index (χ4v) is 1.70. The predicted octanol–water partition coefficient (Wildman–Crippen LogP) is 3.31. The van der Waals surface area contributed by atoms with Gasteiger partial charge in [0.2, 0.25) is 0 Å². The molecule has 6 heteroatoms. The molecule has 0 saturated heterocycles. The summed E-state index contributed by atoms with van der Waals surface area (Å²) in [6.07, 6.45) is 1.20. The normalized spacial score (nSPS) is 11.2. The number of ether oxygens (including phenoxy) is 1. The van der Waals surface area contributed by atoms with E-state index in [1.54, 1.807) is 12.1 Å². The van der Waals surface area contributed by atoms with Crippen molar-refractivity contribution in [3.05, 3.63) is 35.6 Å². The van der Waals surface area contributed by atoms with Crippen LogP contribution in [0.4, 0.5) is 4.39 Å². The van der Waals surface area contributed by atoms with Crippen LogP contribution in [0.2, 0.25) is 0 Å². The molecule has 0 fully saturated rings. The van der Waals surface area contributed by atoms with E-state index >= 15 is 0 Å². The van der Waals surface area contributed by atoms with E-state index in [0.29, 0.717) is 6.54 Å². The third kappa shape index (κ3) is 9.94. The van der Waals surface area contributed by atoms with Crippen molar-refractivity contribution >= 4 is 29.9 Å².